The summed E-state index contributed by atoms with van der Waals surface area (Å²) in [4.78, 5) is 11.0. The van der Waals surface area contributed by atoms with Crippen LogP contribution < -0.4 is 15.5 Å². The smallest absolute Gasteiger partial charge is 0.191 e. The number of pyridine rings is 2. The summed E-state index contributed by atoms with van der Waals surface area (Å²) in [5.74, 6) is 2.50. The number of fused-ring (bicyclic) bond motifs is 1. The highest BCUT2D eigenvalue weighted by molar-refractivity contribution is 5.79. The molecule has 0 fully saturated rings. The molecule has 3 rings (SSSR count). The molecule has 3 aromatic rings. The molecule has 136 valence electrons. The molecule has 0 aliphatic heterocycles. The second-order valence-corrected chi connectivity index (χ2v) is 6.01. The number of nitrogens with one attached hydrogen (secondary N) is 2. The molecule has 8 nitrogen and oxygen atoms in total. The third-order valence-electron chi connectivity index (χ3n) is 3.83. The number of hydrogen-bond acceptors (Lipinski definition) is 5. The van der Waals surface area contributed by atoms with Gasteiger partial charge in [0.1, 0.15) is 5.82 Å². The van der Waals surface area contributed by atoms with Crippen molar-refractivity contribution in [2.75, 3.05) is 25.5 Å². The summed E-state index contributed by atoms with van der Waals surface area (Å²) < 4.78 is 1.96. The van der Waals surface area contributed by atoms with E-state index < -0.39 is 0 Å². The summed E-state index contributed by atoms with van der Waals surface area (Å²) in [5, 5.41) is 15.0. The van der Waals surface area contributed by atoms with E-state index in [9.17, 15) is 0 Å². The quantitative estimate of drug-likeness (QED) is 0.516. The van der Waals surface area contributed by atoms with Crippen LogP contribution in [0.25, 0.3) is 5.65 Å². The number of guanidine groups is 1. The zero-order valence-electron chi connectivity index (χ0n) is 15.3. The van der Waals surface area contributed by atoms with Crippen LogP contribution in [0.2, 0.25) is 0 Å². The SMILES string of the molecule is CCNC(=NCc1ccnc(N(C)C)c1)NCc1nnc2ccccn12. The zero-order chi connectivity index (χ0) is 18.4. The molecule has 0 aliphatic rings. The average Bonchev–Trinajstić information content (AvgIpc) is 3.07. The van der Waals surface area contributed by atoms with Crippen LogP contribution in [-0.2, 0) is 13.1 Å². The maximum atomic E-state index is 4.65. The van der Waals surface area contributed by atoms with Crippen molar-refractivity contribution in [3.63, 3.8) is 0 Å². The Balaban J connectivity index is 1.68. The Labute approximate surface area is 153 Å². The molecule has 0 unspecified atom stereocenters. The molecule has 26 heavy (non-hydrogen) atoms. The first-order valence-electron chi connectivity index (χ1n) is 8.60. The number of aromatic nitrogens is 4. The lowest BCUT2D eigenvalue weighted by molar-refractivity contribution is 0.765. The standard InChI is InChI=1S/C18H24N8/c1-4-19-18(21-12-14-8-9-20-16(11-14)25(2)3)22-13-17-24-23-15-7-5-6-10-26(15)17/h5-11H,4,12-13H2,1-3H3,(H2,19,21,22). The van der Waals surface area contributed by atoms with Gasteiger partial charge in [0.05, 0.1) is 13.1 Å². The first-order chi connectivity index (χ1) is 12.7. The highest BCUT2D eigenvalue weighted by Gasteiger charge is 2.06. The summed E-state index contributed by atoms with van der Waals surface area (Å²) in [6.45, 7) is 3.93. The summed E-state index contributed by atoms with van der Waals surface area (Å²) in [5.41, 5.74) is 1.94. The van der Waals surface area contributed by atoms with Crippen LogP contribution in [0.4, 0.5) is 5.82 Å². The lowest BCUT2D eigenvalue weighted by Crippen LogP contribution is -2.37. The van der Waals surface area contributed by atoms with Gasteiger partial charge in [0.2, 0.25) is 0 Å². The molecule has 0 aliphatic carbocycles. The summed E-state index contributed by atoms with van der Waals surface area (Å²) >= 11 is 0. The van der Waals surface area contributed by atoms with Crippen LogP contribution in [-0.4, -0.2) is 46.2 Å². The van der Waals surface area contributed by atoms with Gasteiger partial charge in [0, 0.05) is 33.0 Å². The predicted molar refractivity (Wildman–Crippen MR) is 103 cm³/mol. The molecular formula is C18H24N8. The lowest BCUT2D eigenvalue weighted by Gasteiger charge is -2.12. The summed E-state index contributed by atoms with van der Waals surface area (Å²) in [6.07, 6.45) is 3.76. The van der Waals surface area contributed by atoms with Crippen molar-refractivity contribution in [2.45, 2.75) is 20.0 Å². The molecule has 0 saturated carbocycles. The monoisotopic (exact) mass is 352 g/mol. The Bertz CT molecular complexity index is 884. The van der Waals surface area contributed by atoms with Gasteiger partial charge in [-0.3, -0.25) is 4.40 Å². The van der Waals surface area contributed by atoms with Crippen LogP contribution in [0.3, 0.4) is 0 Å². The second kappa shape index (κ2) is 8.28. The van der Waals surface area contributed by atoms with Crippen LogP contribution >= 0.6 is 0 Å². The minimum Gasteiger partial charge on any atom is -0.363 e. The van der Waals surface area contributed by atoms with Crippen LogP contribution in [0.5, 0.6) is 0 Å². The number of aliphatic imine (C=N–C) groups is 1. The molecule has 0 saturated heterocycles. The Morgan fingerprint density at radius 3 is 2.88 bits per heavy atom. The van der Waals surface area contributed by atoms with E-state index in [1.807, 2.05) is 73.0 Å². The lowest BCUT2D eigenvalue weighted by atomic mass is 10.2. The van der Waals surface area contributed by atoms with Crippen molar-refractivity contribution in [1.29, 1.82) is 0 Å². The molecule has 0 aromatic carbocycles. The van der Waals surface area contributed by atoms with Crippen molar-refractivity contribution in [1.82, 2.24) is 30.2 Å². The molecule has 2 N–H and O–H groups in total. The molecule has 8 heteroatoms. The maximum absolute atomic E-state index is 4.65. The van der Waals surface area contributed by atoms with Crippen molar-refractivity contribution in [3.05, 3.63) is 54.1 Å². The van der Waals surface area contributed by atoms with E-state index in [1.54, 1.807) is 0 Å². The fourth-order valence-electron chi connectivity index (χ4n) is 2.49. The number of hydrogen-bond donors (Lipinski definition) is 2. The minimum absolute atomic E-state index is 0.538. The van der Waals surface area contributed by atoms with Crippen molar-refractivity contribution >= 4 is 17.4 Å². The molecule has 3 heterocycles. The average molecular weight is 352 g/mol. The molecular weight excluding hydrogens is 328 g/mol. The summed E-state index contributed by atoms with van der Waals surface area (Å²) in [6, 6.07) is 9.86. The number of anilines is 1. The van der Waals surface area contributed by atoms with Gasteiger partial charge in [0.25, 0.3) is 0 Å². The first kappa shape index (κ1) is 17.7. The van der Waals surface area contributed by atoms with Crippen LogP contribution in [0.1, 0.15) is 18.3 Å². The van der Waals surface area contributed by atoms with Crippen molar-refractivity contribution in [2.24, 2.45) is 4.99 Å². The van der Waals surface area contributed by atoms with Gasteiger partial charge in [-0.1, -0.05) is 6.07 Å². The van der Waals surface area contributed by atoms with E-state index in [0.29, 0.717) is 13.1 Å². The minimum atomic E-state index is 0.538. The van der Waals surface area contributed by atoms with Gasteiger partial charge in [-0.2, -0.15) is 0 Å². The Hall–Kier alpha value is -3.16. The topological polar surface area (TPSA) is 82.7 Å². The van der Waals surface area contributed by atoms with Gasteiger partial charge in [-0.15, -0.1) is 10.2 Å². The Morgan fingerprint density at radius 1 is 1.19 bits per heavy atom. The Kier molecular flexibility index (Phi) is 5.62. The zero-order valence-corrected chi connectivity index (χ0v) is 15.3. The van der Waals surface area contributed by atoms with E-state index in [2.05, 4.69) is 30.8 Å². The van der Waals surface area contributed by atoms with Crippen LogP contribution in [0.15, 0.2) is 47.7 Å². The van der Waals surface area contributed by atoms with Gasteiger partial charge in [-0.05, 0) is 36.8 Å². The number of rotatable bonds is 6. The normalized spacial score (nSPS) is 11.6. The molecule has 0 bridgehead atoms. The molecule has 3 aromatic heterocycles. The molecule has 0 radical (unpaired) electrons. The van der Waals surface area contributed by atoms with Crippen LogP contribution in [0, 0.1) is 0 Å². The highest BCUT2D eigenvalue weighted by atomic mass is 15.3. The fourth-order valence-corrected chi connectivity index (χ4v) is 2.49. The largest absolute Gasteiger partial charge is 0.363 e. The van der Waals surface area contributed by atoms with Gasteiger partial charge >= 0.3 is 0 Å². The van der Waals surface area contributed by atoms with E-state index in [1.165, 1.54) is 0 Å². The molecule has 0 spiro atoms. The predicted octanol–water partition coefficient (Wildman–Crippen LogP) is 1.45. The summed E-state index contributed by atoms with van der Waals surface area (Å²) in [7, 11) is 3.95. The van der Waals surface area contributed by atoms with E-state index in [-0.39, 0.29) is 0 Å². The first-order valence-corrected chi connectivity index (χ1v) is 8.60. The van der Waals surface area contributed by atoms with Gasteiger partial charge in [0.15, 0.2) is 17.4 Å². The molecule has 0 atom stereocenters. The maximum Gasteiger partial charge on any atom is 0.191 e. The highest BCUT2D eigenvalue weighted by Crippen LogP contribution is 2.10. The third-order valence-corrected chi connectivity index (χ3v) is 3.83. The second-order valence-electron chi connectivity index (χ2n) is 6.01. The fraction of sp³-hybridized carbons (Fsp3) is 0.333. The van der Waals surface area contributed by atoms with E-state index in [0.717, 1.165) is 35.4 Å². The van der Waals surface area contributed by atoms with Gasteiger partial charge < -0.3 is 15.5 Å². The van der Waals surface area contributed by atoms with Crippen molar-refractivity contribution < 1.29 is 0 Å². The molecule has 0 amide bonds. The van der Waals surface area contributed by atoms with E-state index in [4.69, 9.17) is 0 Å². The Morgan fingerprint density at radius 2 is 2.08 bits per heavy atom. The number of nitrogens with zero attached hydrogens (tertiary/aromatic N) is 6. The third kappa shape index (κ3) is 4.27. The van der Waals surface area contributed by atoms with E-state index >= 15 is 0 Å². The van der Waals surface area contributed by atoms with Gasteiger partial charge in [-0.25, -0.2) is 9.98 Å². The van der Waals surface area contributed by atoms with Crippen molar-refractivity contribution in [3.8, 4) is 0 Å².